The lowest BCUT2D eigenvalue weighted by Crippen LogP contribution is -2.37. The van der Waals surface area contributed by atoms with Crippen LogP contribution in [0.3, 0.4) is 0 Å². The monoisotopic (exact) mass is 296 g/mol. The summed E-state index contributed by atoms with van der Waals surface area (Å²) in [7, 11) is 0. The zero-order valence-corrected chi connectivity index (χ0v) is 13.4. The van der Waals surface area contributed by atoms with Gasteiger partial charge < -0.3 is 10.6 Å². The van der Waals surface area contributed by atoms with Gasteiger partial charge in [0.2, 0.25) is 0 Å². The van der Waals surface area contributed by atoms with Crippen molar-refractivity contribution in [1.29, 1.82) is 0 Å². The van der Waals surface area contributed by atoms with Crippen LogP contribution >= 0.6 is 0 Å². The molecular weight excluding hydrogens is 272 g/mol. The van der Waals surface area contributed by atoms with Gasteiger partial charge in [0.05, 0.1) is 0 Å². The third-order valence-corrected chi connectivity index (χ3v) is 4.64. The number of piperidine rings is 1. The maximum atomic E-state index is 5.80. The van der Waals surface area contributed by atoms with Crippen molar-refractivity contribution >= 4 is 5.82 Å². The molecule has 2 heterocycles. The van der Waals surface area contributed by atoms with Crippen molar-refractivity contribution in [3.05, 3.63) is 41.6 Å². The normalized spacial score (nSPS) is 16.0. The van der Waals surface area contributed by atoms with Gasteiger partial charge in [-0.05, 0) is 39.2 Å². The molecule has 2 aromatic rings. The smallest absolute Gasteiger partial charge is 0.161 e. The molecule has 1 aromatic heterocycles. The molecule has 0 saturated carbocycles. The standard InChI is InChI=1S/C18H24N4/c1-13-14(2)20-17(16-6-4-3-5-7-16)21-18(13)22-10-8-15(12-19)9-11-22/h3-7,15H,8-12,19H2,1-2H3. The molecule has 0 bridgehead atoms. The number of hydrogen-bond acceptors (Lipinski definition) is 4. The Kier molecular flexibility index (Phi) is 4.39. The highest BCUT2D eigenvalue weighted by Gasteiger charge is 2.22. The molecule has 116 valence electrons. The van der Waals surface area contributed by atoms with Crippen LogP contribution in [0.5, 0.6) is 0 Å². The van der Waals surface area contributed by atoms with Crippen LogP contribution in [0.25, 0.3) is 11.4 Å². The van der Waals surface area contributed by atoms with E-state index >= 15 is 0 Å². The van der Waals surface area contributed by atoms with Crippen molar-refractivity contribution in [2.45, 2.75) is 26.7 Å². The quantitative estimate of drug-likeness (QED) is 0.946. The van der Waals surface area contributed by atoms with Gasteiger partial charge in [-0.2, -0.15) is 0 Å². The van der Waals surface area contributed by atoms with Crippen molar-refractivity contribution in [1.82, 2.24) is 9.97 Å². The van der Waals surface area contributed by atoms with E-state index in [1.807, 2.05) is 18.2 Å². The summed E-state index contributed by atoms with van der Waals surface area (Å²) >= 11 is 0. The van der Waals surface area contributed by atoms with Crippen LogP contribution in [0, 0.1) is 19.8 Å². The minimum absolute atomic E-state index is 0.660. The fourth-order valence-electron chi connectivity index (χ4n) is 3.02. The molecule has 22 heavy (non-hydrogen) atoms. The highest BCUT2D eigenvalue weighted by Crippen LogP contribution is 2.27. The Morgan fingerprint density at radius 3 is 2.41 bits per heavy atom. The summed E-state index contributed by atoms with van der Waals surface area (Å²) in [6.07, 6.45) is 2.30. The van der Waals surface area contributed by atoms with E-state index in [0.29, 0.717) is 5.92 Å². The minimum atomic E-state index is 0.660. The molecule has 0 amide bonds. The van der Waals surface area contributed by atoms with Gasteiger partial charge in [0.1, 0.15) is 5.82 Å². The Morgan fingerprint density at radius 1 is 1.09 bits per heavy atom. The molecular formula is C18H24N4. The van der Waals surface area contributed by atoms with Crippen LogP contribution < -0.4 is 10.6 Å². The topological polar surface area (TPSA) is 55.0 Å². The molecule has 0 spiro atoms. The van der Waals surface area contributed by atoms with E-state index in [0.717, 1.165) is 55.4 Å². The second kappa shape index (κ2) is 6.44. The maximum absolute atomic E-state index is 5.80. The van der Waals surface area contributed by atoms with Gasteiger partial charge in [0.25, 0.3) is 0 Å². The van der Waals surface area contributed by atoms with Gasteiger partial charge in [-0.1, -0.05) is 30.3 Å². The van der Waals surface area contributed by atoms with Crippen molar-refractivity contribution < 1.29 is 0 Å². The summed E-state index contributed by atoms with van der Waals surface area (Å²) < 4.78 is 0. The Labute approximate surface area is 132 Å². The molecule has 4 heteroatoms. The first-order chi connectivity index (χ1) is 10.7. The summed E-state index contributed by atoms with van der Waals surface area (Å²) in [5.74, 6) is 2.56. The highest BCUT2D eigenvalue weighted by atomic mass is 15.2. The predicted molar refractivity (Wildman–Crippen MR) is 90.9 cm³/mol. The van der Waals surface area contributed by atoms with Gasteiger partial charge in [0.15, 0.2) is 5.82 Å². The summed E-state index contributed by atoms with van der Waals surface area (Å²) in [5, 5.41) is 0. The van der Waals surface area contributed by atoms with Crippen molar-refractivity contribution in [2.75, 3.05) is 24.5 Å². The lowest BCUT2D eigenvalue weighted by Gasteiger charge is -2.33. The number of aryl methyl sites for hydroxylation is 1. The average molecular weight is 296 g/mol. The van der Waals surface area contributed by atoms with Crippen molar-refractivity contribution in [3.63, 3.8) is 0 Å². The van der Waals surface area contributed by atoms with Gasteiger partial charge in [0, 0.05) is 29.9 Å². The van der Waals surface area contributed by atoms with Crippen LogP contribution in [-0.2, 0) is 0 Å². The third kappa shape index (κ3) is 2.97. The molecule has 0 aliphatic carbocycles. The van der Waals surface area contributed by atoms with E-state index in [2.05, 4.69) is 35.9 Å². The van der Waals surface area contributed by atoms with Crippen LogP contribution in [-0.4, -0.2) is 29.6 Å². The molecule has 2 N–H and O–H groups in total. The molecule has 1 aromatic carbocycles. The third-order valence-electron chi connectivity index (χ3n) is 4.64. The largest absolute Gasteiger partial charge is 0.356 e. The maximum Gasteiger partial charge on any atom is 0.161 e. The summed E-state index contributed by atoms with van der Waals surface area (Å²) in [4.78, 5) is 11.9. The summed E-state index contributed by atoms with van der Waals surface area (Å²) in [6, 6.07) is 10.2. The second-order valence-electron chi connectivity index (χ2n) is 6.11. The lowest BCUT2D eigenvalue weighted by atomic mass is 9.97. The zero-order valence-electron chi connectivity index (χ0n) is 13.4. The number of nitrogens with two attached hydrogens (primary N) is 1. The van der Waals surface area contributed by atoms with E-state index in [4.69, 9.17) is 10.7 Å². The number of hydrogen-bond donors (Lipinski definition) is 1. The Balaban J connectivity index is 1.93. The molecule has 0 radical (unpaired) electrons. The lowest BCUT2D eigenvalue weighted by molar-refractivity contribution is 0.412. The molecule has 0 atom stereocenters. The number of benzene rings is 1. The number of aromatic nitrogens is 2. The molecule has 0 unspecified atom stereocenters. The van der Waals surface area contributed by atoms with E-state index < -0.39 is 0 Å². The van der Waals surface area contributed by atoms with E-state index in [-0.39, 0.29) is 0 Å². The molecule has 4 nitrogen and oxygen atoms in total. The SMILES string of the molecule is Cc1nc(-c2ccccc2)nc(N2CCC(CN)CC2)c1C. The van der Waals surface area contributed by atoms with Gasteiger partial charge in [-0.3, -0.25) is 0 Å². The molecule has 3 rings (SSSR count). The van der Waals surface area contributed by atoms with Crippen LogP contribution in [0.2, 0.25) is 0 Å². The van der Waals surface area contributed by atoms with Gasteiger partial charge in [-0.15, -0.1) is 0 Å². The molecule has 1 fully saturated rings. The van der Waals surface area contributed by atoms with E-state index in [9.17, 15) is 0 Å². The average Bonchev–Trinajstić information content (AvgIpc) is 2.58. The molecule has 1 aliphatic rings. The first-order valence-corrected chi connectivity index (χ1v) is 8.04. The Hall–Kier alpha value is -1.94. The molecule has 1 saturated heterocycles. The van der Waals surface area contributed by atoms with Crippen molar-refractivity contribution in [3.8, 4) is 11.4 Å². The van der Waals surface area contributed by atoms with Crippen LogP contribution in [0.15, 0.2) is 30.3 Å². The second-order valence-corrected chi connectivity index (χ2v) is 6.11. The van der Waals surface area contributed by atoms with Gasteiger partial charge >= 0.3 is 0 Å². The summed E-state index contributed by atoms with van der Waals surface area (Å²) in [6.45, 7) is 7.06. The van der Waals surface area contributed by atoms with Crippen molar-refractivity contribution in [2.24, 2.45) is 11.7 Å². The number of nitrogens with zero attached hydrogens (tertiary/aromatic N) is 3. The first-order valence-electron chi connectivity index (χ1n) is 8.04. The summed E-state index contributed by atoms with van der Waals surface area (Å²) in [5.41, 5.74) is 9.12. The van der Waals surface area contributed by atoms with Crippen LogP contribution in [0.4, 0.5) is 5.82 Å². The fraction of sp³-hybridized carbons (Fsp3) is 0.444. The van der Waals surface area contributed by atoms with Gasteiger partial charge in [-0.25, -0.2) is 9.97 Å². The number of rotatable bonds is 3. The van der Waals surface area contributed by atoms with Crippen LogP contribution in [0.1, 0.15) is 24.1 Å². The Bertz CT molecular complexity index is 631. The Morgan fingerprint density at radius 2 is 1.77 bits per heavy atom. The number of anilines is 1. The van der Waals surface area contributed by atoms with E-state index in [1.165, 1.54) is 5.56 Å². The van der Waals surface area contributed by atoms with E-state index in [1.54, 1.807) is 0 Å². The minimum Gasteiger partial charge on any atom is -0.356 e. The zero-order chi connectivity index (χ0) is 15.5. The first kappa shape index (κ1) is 15.0. The highest BCUT2D eigenvalue weighted by molar-refractivity contribution is 5.60. The predicted octanol–water partition coefficient (Wildman–Crippen LogP) is 2.94. The fourth-order valence-corrected chi connectivity index (χ4v) is 3.02. The molecule has 1 aliphatic heterocycles.